The number of sulfonamides is 2. The third-order valence-corrected chi connectivity index (χ3v) is 12.8. The number of hydrogen-bond donors (Lipinski definition) is 2. The van der Waals surface area contributed by atoms with Crippen molar-refractivity contribution in [1.82, 2.24) is 9.21 Å². The Morgan fingerprint density at radius 1 is 1.09 bits per heavy atom. The van der Waals surface area contributed by atoms with Crippen molar-refractivity contribution >= 4 is 43.0 Å². The van der Waals surface area contributed by atoms with Crippen LogP contribution < -0.4 is 9.46 Å². The molecule has 2 heterocycles. The summed E-state index contributed by atoms with van der Waals surface area (Å²) < 4.78 is 69.5. The number of nitrogens with one attached hydrogen (secondary N) is 1. The van der Waals surface area contributed by atoms with Crippen molar-refractivity contribution in [2.45, 2.75) is 74.3 Å². The lowest BCUT2D eigenvalue weighted by molar-refractivity contribution is -0.00832. The predicted octanol–water partition coefficient (Wildman–Crippen LogP) is 4.97. The van der Waals surface area contributed by atoms with Crippen molar-refractivity contribution in [3.63, 3.8) is 0 Å². The van der Waals surface area contributed by atoms with Crippen LogP contribution in [0.1, 0.15) is 56.0 Å². The minimum Gasteiger partial charge on any atom is -0.490 e. The molecule has 0 aliphatic carbocycles. The van der Waals surface area contributed by atoms with Gasteiger partial charge in [0.05, 0.1) is 35.3 Å². The molecule has 3 aromatic rings. The number of amides is 1. The second kappa shape index (κ2) is 15.9. The van der Waals surface area contributed by atoms with Crippen molar-refractivity contribution in [2.24, 2.45) is 5.92 Å². The minimum atomic E-state index is -3.95. The van der Waals surface area contributed by atoms with E-state index in [4.69, 9.17) is 9.47 Å². The van der Waals surface area contributed by atoms with Gasteiger partial charge in [-0.15, -0.1) is 11.3 Å². The first-order valence-electron chi connectivity index (χ1n) is 15.7. The normalized spacial score (nSPS) is 21.0. The largest absolute Gasteiger partial charge is 0.490 e. The number of thiophene rings is 1. The molecule has 258 valence electrons. The molecule has 0 fully saturated rings. The van der Waals surface area contributed by atoms with E-state index in [0.29, 0.717) is 18.8 Å². The summed E-state index contributed by atoms with van der Waals surface area (Å²) in [4.78, 5) is 15.9. The van der Waals surface area contributed by atoms with Crippen LogP contribution in [0.25, 0.3) is 0 Å². The molecule has 1 aliphatic rings. The summed E-state index contributed by atoms with van der Waals surface area (Å²) in [5, 5.41) is 11.9. The minimum absolute atomic E-state index is 0.0674. The zero-order chi connectivity index (χ0) is 34.4. The van der Waals surface area contributed by atoms with Crippen LogP contribution in [0.2, 0.25) is 0 Å². The van der Waals surface area contributed by atoms with Gasteiger partial charge >= 0.3 is 0 Å². The first kappa shape index (κ1) is 36.8. The fraction of sp³-hybridized carbons (Fsp3) is 0.485. The Labute approximate surface area is 282 Å². The Morgan fingerprint density at radius 3 is 2.47 bits per heavy atom. The predicted molar refractivity (Wildman–Crippen MR) is 183 cm³/mol. The average Bonchev–Trinajstić information content (AvgIpc) is 3.59. The van der Waals surface area contributed by atoms with E-state index in [0.717, 1.165) is 29.7 Å². The number of anilines is 1. The fourth-order valence-electron chi connectivity index (χ4n) is 5.30. The summed E-state index contributed by atoms with van der Waals surface area (Å²) in [6.45, 7) is 7.64. The van der Waals surface area contributed by atoms with Crippen molar-refractivity contribution in [2.75, 3.05) is 38.1 Å². The molecular formula is C33H45N3O8S3. The topological polar surface area (TPSA) is 143 Å². The van der Waals surface area contributed by atoms with Gasteiger partial charge < -0.3 is 19.5 Å². The Balaban J connectivity index is 1.68. The zero-order valence-electron chi connectivity index (χ0n) is 27.5. The number of ether oxygens (including phenoxy) is 2. The van der Waals surface area contributed by atoms with E-state index in [9.17, 15) is 26.7 Å². The molecule has 4 atom stereocenters. The zero-order valence-corrected chi connectivity index (χ0v) is 29.9. The number of benzene rings is 2. The summed E-state index contributed by atoms with van der Waals surface area (Å²) >= 11 is 1.14. The molecule has 1 aromatic heterocycles. The van der Waals surface area contributed by atoms with E-state index < -0.39 is 38.1 Å². The molecule has 0 spiro atoms. The summed E-state index contributed by atoms with van der Waals surface area (Å²) in [6.07, 6.45) is 1.35. The van der Waals surface area contributed by atoms with E-state index in [-0.39, 0.29) is 52.1 Å². The number of rotatable bonds is 9. The summed E-state index contributed by atoms with van der Waals surface area (Å²) in [6, 6.07) is 13.7. The Bertz CT molecular complexity index is 1700. The van der Waals surface area contributed by atoms with Gasteiger partial charge in [0.1, 0.15) is 9.96 Å². The summed E-state index contributed by atoms with van der Waals surface area (Å²) in [7, 11) is -6.17. The first-order chi connectivity index (χ1) is 22.2. The smallest absolute Gasteiger partial charge is 0.261 e. The third-order valence-electron chi connectivity index (χ3n) is 8.23. The number of nitrogens with zero attached hydrogens (tertiary/aromatic N) is 2. The standard InChI is InChI=1S/C33H45N3O8S3/c1-23-11-14-28(15-12-23)46(39,40)34-27-13-16-30-29(19-27)33(38)36(25(3)22-37)20-24(2)31(43-17-7-6-9-26(4)44-30)21-35(5)47(41,42)32-10-8-18-45-32/h8,10-16,18-19,24-26,31,34,37H,6-7,9,17,20-22H2,1-5H3/t24-,25+,26-,31+/m1/s1. The van der Waals surface area contributed by atoms with E-state index in [1.54, 1.807) is 48.7 Å². The van der Waals surface area contributed by atoms with Crippen LogP contribution in [0.15, 0.2) is 69.1 Å². The highest BCUT2D eigenvalue weighted by Gasteiger charge is 2.33. The number of aliphatic hydroxyl groups excluding tert-OH is 1. The molecule has 1 amide bonds. The Hall–Kier alpha value is -3.01. The van der Waals surface area contributed by atoms with E-state index in [2.05, 4.69) is 4.72 Å². The highest BCUT2D eigenvalue weighted by atomic mass is 32.2. The van der Waals surface area contributed by atoms with Crippen molar-refractivity contribution in [1.29, 1.82) is 0 Å². The van der Waals surface area contributed by atoms with Crippen LogP contribution >= 0.6 is 11.3 Å². The molecule has 2 N–H and O–H groups in total. The number of aliphatic hydroxyl groups is 1. The molecule has 0 radical (unpaired) electrons. The molecule has 0 saturated heterocycles. The van der Waals surface area contributed by atoms with Crippen LogP contribution in [0, 0.1) is 12.8 Å². The Morgan fingerprint density at radius 2 is 1.81 bits per heavy atom. The second-order valence-electron chi connectivity index (χ2n) is 12.1. The Kier molecular flexibility index (Phi) is 12.5. The van der Waals surface area contributed by atoms with Gasteiger partial charge in [-0.05, 0) is 81.8 Å². The van der Waals surface area contributed by atoms with Crippen LogP contribution in [0.4, 0.5) is 5.69 Å². The monoisotopic (exact) mass is 707 g/mol. The molecule has 4 rings (SSSR count). The maximum Gasteiger partial charge on any atom is 0.261 e. The van der Waals surface area contributed by atoms with Crippen molar-refractivity contribution in [3.8, 4) is 5.75 Å². The van der Waals surface area contributed by atoms with E-state index >= 15 is 0 Å². The first-order valence-corrected chi connectivity index (χ1v) is 19.5. The van der Waals surface area contributed by atoms with Gasteiger partial charge in [-0.2, -0.15) is 4.31 Å². The molecule has 47 heavy (non-hydrogen) atoms. The van der Waals surface area contributed by atoms with Gasteiger partial charge in [-0.25, -0.2) is 16.8 Å². The van der Waals surface area contributed by atoms with E-state index in [1.165, 1.54) is 34.5 Å². The highest BCUT2D eigenvalue weighted by Crippen LogP contribution is 2.30. The van der Waals surface area contributed by atoms with Crippen LogP contribution in [0.3, 0.4) is 0 Å². The van der Waals surface area contributed by atoms with E-state index in [1.807, 2.05) is 20.8 Å². The molecule has 0 bridgehead atoms. The van der Waals surface area contributed by atoms with Gasteiger partial charge in [-0.1, -0.05) is 30.7 Å². The maximum atomic E-state index is 14.3. The molecule has 14 heteroatoms. The SMILES string of the molecule is Cc1ccc(S(=O)(=O)Nc2ccc3c(c2)C(=O)N([C@@H](C)CO)C[C@@H](C)[C@H](CN(C)S(=O)(=O)c2cccs2)OCCCC[C@@H](C)O3)cc1. The number of likely N-dealkylation sites (N-methyl/N-ethyl adjacent to an activating group) is 1. The van der Waals surface area contributed by atoms with Crippen molar-refractivity contribution < 1.29 is 36.2 Å². The van der Waals surface area contributed by atoms with Gasteiger partial charge in [0.2, 0.25) is 0 Å². The van der Waals surface area contributed by atoms with Gasteiger partial charge in [0, 0.05) is 38.3 Å². The highest BCUT2D eigenvalue weighted by molar-refractivity contribution is 7.92. The molecule has 1 aliphatic heterocycles. The van der Waals surface area contributed by atoms with Crippen molar-refractivity contribution in [3.05, 3.63) is 71.1 Å². The lowest BCUT2D eigenvalue weighted by Crippen LogP contribution is -2.48. The summed E-state index contributed by atoms with van der Waals surface area (Å²) in [5.74, 6) is -0.508. The number of carbonyl (C=O) groups is 1. The van der Waals surface area contributed by atoms with Gasteiger partial charge in [-0.3, -0.25) is 9.52 Å². The number of carbonyl (C=O) groups excluding carboxylic acids is 1. The second-order valence-corrected chi connectivity index (χ2v) is 17.0. The molecule has 2 aromatic carbocycles. The van der Waals surface area contributed by atoms with Crippen LogP contribution in [-0.4, -0.2) is 88.7 Å². The van der Waals surface area contributed by atoms with Gasteiger partial charge in [0.25, 0.3) is 26.0 Å². The molecular weight excluding hydrogens is 663 g/mol. The number of hydrogen-bond acceptors (Lipinski definition) is 9. The quantitative estimate of drug-likeness (QED) is 0.318. The van der Waals surface area contributed by atoms with Crippen LogP contribution in [0.5, 0.6) is 5.75 Å². The molecule has 11 nitrogen and oxygen atoms in total. The lowest BCUT2D eigenvalue weighted by atomic mass is 10.0. The fourth-order valence-corrected chi connectivity index (χ4v) is 8.73. The number of aryl methyl sites for hydroxylation is 1. The summed E-state index contributed by atoms with van der Waals surface area (Å²) in [5.41, 5.74) is 1.24. The molecule has 0 unspecified atom stereocenters. The van der Waals surface area contributed by atoms with Crippen LogP contribution in [-0.2, 0) is 24.8 Å². The maximum absolute atomic E-state index is 14.3. The lowest BCUT2D eigenvalue weighted by Gasteiger charge is -2.35. The average molecular weight is 708 g/mol. The van der Waals surface area contributed by atoms with Gasteiger partial charge in [0.15, 0.2) is 0 Å². The molecule has 0 saturated carbocycles. The number of fused-ring (bicyclic) bond motifs is 1. The third kappa shape index (κ3) is 9.33.